The van der Waals surface area contributed by atoms with Crippen LogP contribution in [0.1, 0.15) is 17.7 Å². The standard InChI is InChI=1S/C10H18N4O3S/c1-7-8(6-13-14-7)5-12-10(15)9(11)3-4-18(2,16)17/h6,9H,3-5,11H2,1-2H3,(H,12,15)(H,13,14). The van der Waals surface area contributed by atoms with Crippen molar-refractivity contribution in [3.05, 3.63) is 17.5 Å². The lowest BCUT2D eigenvalue weighted by molar-refractivity contribution is -0.122. The van der Waals surface area contributed by atoms with Crippen LogP contribution in [0.2, 0.25) is 0 Å². The molecule has 0 bridgehead atoms. The van der Waals surface area contributed by atoms with Crippen molar-refractivity contribution in [2.24, 2.45) is 5.73 Å². The zero-order valence-corrected chi connectivity index (χ0v) is 11.3. The summed E-state index contributed by atoms with van der Waals surface area (Å²) in [5, 5.41) is 9.22. The van der Waals surface area contributed by atoms with Crippen molar-refractivity contribution in [3.8, 4) is 0 Å². The molecule has 0 radical (unpaired) electrons. The van der Waals surface area contributed by atoms with E-state index in [4.69, 9.17) is 5.73 Å². The van der Waals surface area contributed by atoms with Crippen LogP contribution in [-0.4, -0.2) is 42.6 Å². The number of carbonyl (C=O) groups excluding carboxylic acids is 1. The monoisotopic (exact) mass is 274 g/mol. The zero-order chi connectivity index (χ0) is 13.8. The summed E-state index contributed by atoms with van der Waals surface area (Å²) in [5.41, 5.74) is 7.35. The highest BCUT2D eigenvalue weighted by Crippen LogP contribution is 2.02. The molecule has 1 aromatic heterocycles. The van der Waals surface area contributed by atoms with Crippen LogP contribution in [0.15, 0.2) is 6.20 Å². The second-order valence-corrected chi connectivity index (χ2v) is 6.52. The van der Waals surface area contributed by atoms with Gasteiger partial charge in [0.2, 0.25) is 5.91 Å². The predicted molar refractivity (Wildman–Crippen MR) is 67.5 cm³/mol. The molecule has 1 rings (SSSR count). The first kappa shape index (κ1) is 14.7. The van der Waals surface area contributed by atoms with E-state index in [1.807, 2.05) is 6.92 Å². The van der Waals surface area contributed by atoms with E-state index in [0.717, 1.165) is 17.5 Å². The molecule has 0 aliphatic carbocycles. The van der Waals surface area contributed by atoms with Crippen molar-refractivity contribution in [2.75, 3.05) is 12.0 Å². The fourth-order valence-electron chi connectivity index (χ4n) is 1.34. The number of nitrogens with two attached hydrogens (primary N) is 1. The highest BCUT2D eigenvalue weighted by Gasteiger charge is 2.16. The minimum absolute atomic E-state index is 0.0909. The molecule has 0 saturated carbocycles. The topological polar surface area (TPSA) is 118 Å². The number of sulfone groups is 1. The Kier molecular flexibility index (Phi) is 4.85. The molecule has 4 N–H and O–H groups in total. The number of nitrogens with zero attached hydrogens (tertiary/aromatic N) is 1. The predicted octanol–water partition coefficient (Wildman–Crippen LogP) is -0.904. The van der Waals surface area contributed by atoms with Crippen LogP contribution in [0.5, 0.6) is 0 Å². The summed E-state index contributed by atoms with van der Waals surface area (Å²) >= 11 is 0. The molecule has 0 aliphatic heterocycles. The normalized spacial score (nSPS) is 13.3. The molecular weight excluding hydrogens is 256 g/mol. The van der Waals surface area contributed by atoms with Crippen LogP contribution in [0, 0.1) is 6.92 Å². The smallest absolute Gasteiger partial charge is 0.237 e. The molecule has 8 heteroatoms. The van der Waals surface area contributed by atoms with E-state index in [-0.39, 0.29) is 18.1 Å². The van der Waals surface area contributed by atoms with E-state index < -0.39 is 15.9 Å². The first-order valence-electron chi connectivity index (χ1n) is 5.49. The molecule has 0 fully saturated rings. The molecule has 0 spiro atoms. The Morgan fingerprint density at radius 1 is 1.61 bits per heavy atom. The van der Waals surface area contributed by atoms with Gasteiger partial charge in [-0.1, -0.05) is 0 Å². The van der Waals surface area contributed by atoms with Gasteiger partial charge in [0.1, 0.15) is 9.84 Å². The third kappa shape index (κ3) is 4.84. The number of aromatic amines is 1. The van der Waals surface area contributed by atoms with Crippen molar-refractivity contribution in [1.29, 1.82) is 0 Å². The van der Waals surface area contributed by atoms with Crippen molar-refractivity contribution < 1.29 is 13.2 Å². The van der Waals surface area contributed by atoms with Gasteiger partial charge in [-0.15, -0.1) is 0 Å². The van der Waals surface area contributed by atoms with Crippen LogP contribution < -0.4 is 11.1 Å². The summed E-state index contributed by atoms with van der Waals surface area (Å²) in [6, 6.07) is -0.813. The molecule has 0 saturated heterocycles. The van der Waals surface area contributed by atoms with E-state index in [0.29, 0.717) is 6.54 Å². The number of aromatic nitrogens is 2. The molecular formula is C10H18N4O3S. The maximum atomic E-state index is 11.6. The summed E-state index contributed by atoms with van der Waals surface area (Å²) < 4.78 is 21.9. The molecule has 1 amide bonds. The summed E-state index contributed by atoms with van der Waals surface area (Å²) in [6.07, 6.45) is 2.86. The first-order chi connectivity index (χ1) is 8.29. The molecule has 1 heterocycles. The van der Waals surface area contributed by atoms with Gasteiger partial charge in [0.25, 0.3) is 0 Å². The van der Waals surface area contributed by atoms with Crippen LogP contribution in [0.4, 0.5) is 0 Å². The van der Waals surface area contributed by atoms with Gasteiger partial charge in [0.15, 0.2) is 0 Å². The zero-order valence-electron chi connectivity index (χ0n) is 10.4. The van der Waals surface area contributed by atoms with Crippen molar-refractivity contribution in [3.63, 3.8) is 0 Å². The quantitative estimate of drug-likeness (QED) is 0.621. The van der Waals surface area contributed by atoms with Crippen LogP contribution in [0.25, 0.3) is 0 Å². The maximum absolute atomic E-state index is 11.6. The van der Waals surface area contributed by atoms with E-state index in [1.54, 1.807) is 6.20 Å². The Labute approximate surface area is 106 Å². The molecule has 0 aliphatic rings. The Bertz CT molecular complexity index is 509. The third-order valence-electron chi connectivity index (χ3n) is 2.52. The lowest BCUT2D eigenvalue weighted by atomic mass is 10.2. The van der Waals surface area contributed by atoms with Gasteiger partial charge >= 0.3 is 0 Å². The maximum Gasteiger partial charge on any atom is 0.237 e. The number of carbonyl (C=O) groups is 1. The van der Waals surface area contributed by atoms with Crippen LogP contribution in [-0.2, 0) is 21.2 Å². The average molecular weight is 274 g/mol. The Balaban J connectivity index is 2.39. The largest absolute Gasteiger partial charge is 0.351 e. The Morgan fingerprint density at radius 3 is 2.78 bits per heavy atom. The van der Waals surface area contributed by atoms with Gasteiger partial charge in [0.05, 0.1) is 18.0 Å². The lowest BCUT2D eigenvalue weighted by Crippen LogP contribution is -2.41. The fourth-order valence-corrected chi connectivity index (χ4v) is 2.02. The second-order valence-electron chi connectivity index (χ2n) is 4.26. The number of rotatable bonds is 6. The second kappa shape index (κ2) is 5.96. The number of nitrogens with one attached hydrogen (secondary N) is 2. The summed E-state index contributed by atoms with van der Waals surface area (Å²) in [5.74, 6) is -0.453. The fraction of sp³-hybridized carbons (Fsp3) is 0.600. The van der Waals surface area contributed by atoms with Crippen molar-refractivity contribution >= 4 is 15.7 Å². The molecule has 18 heavy (non-hydrogen) atoms. The summed E-state index contributed by atoms with van der Waals surface area (Å²) in [7, 11) is -3.09. The van der Waals surface area contributed by atoms with Gasteiger partial charge in [-0.3, -0.25) is 9.89 Å². The van der Waals surface area contributed by atoms with E-state index in [9.17, 15) is 13.2 Å². The van der Waals surface area contributed by atoms with Crippen molar-refractivity contribution in [1.82, 2.24) is 15.5 Å². The van der Waals surface area contributed by atoms with Gasteiger partial charge in [-0.25, -0.2) is 8.42 Å². The molecule has 1 unspecified atom stereocenters. The average Bonchev–Trinajstić information content (AvgIpc) is 2.67. The third-order valence-corrected chi connectivity index (χ3v) is 3.50. The van der Waals surface area contributed by atoms with E-state index >= 15 is 0 Å². The van der Waals surface area contributed by atoms with Crippen molar-refractivity contribution in [2.45, 2.75) is 25.9 Å². The lowest BCUT2D eigenvalue weighted by Gasteiger charge is -2.11. The van der Waals surface area contributed by atoms with Gasteiger partial charge in [0, 0.05) is 24.1 Å². The highest BCUT2D eigenvalue weighted by atomic mass is 32.2. The van der Waals surface area contributed by atoms with E-state index in [1.165, 1.54) is 0 Å². The summed E-state index contributed by atoms with van der Waals surface area (Å²) in [6.45, 7) is 2.17. The van der Waals surface area contributed by atoms with Crippen LogP contribution >= 0.6 is 0 Å². The molecule has 0 aromatic carbocycles. The SMILES string of the molecule is Cc1[nH]ncc1CNC(=O)C(N)CCS(C)(=O)=O. The Morgan fingerprint density at radius 2 is 2.28 bits per heavy atom. The molecule has 7 nitrogen and oxygen atoms in total. The van der Waals surface area contributed by atoms with Crippen LogP contribution in [0.3, 0.4) is 0 Å². The van der Waals surface area contributed by atoms with Gasteiger partial charge in [-0.2, -0.15) is 5.10 Å². The number of aryl methyl sites for hydroxylation is 1. The number of amides is 1. The number of hydrogen-bond donors (Lipinski definition) is 3. The minimum Gasteiger partial charge on any atom is -0.351 e. The molecule has 102 valence electrons. The minimum atomic E-state index is -3.09. The number of hydrogen-bond acceptors (Lipinski definition) is 5. The van der Waals surface area contributed by atoms with E-state index in [2.05, 4.69) is 15.5 Å². The van der Waals surface area contributed by atoms with Gasteiger partial charge < -0.3 is 11.1 Å². The highest BCUT2D eigenvalue weighted by molar-refractivity contribution is 7.90. The first-order valence-corrected chi connectivity index (χ1v) is 7.55. The number of H-pyrrole nitrogens is 1. The van der Waals surface area contributed by atoms with Gasteiger partial charge in [-0.05, 0) is 13.3 Å². The summed E-state index contributed by atoms with van der Waals surface area (Å²) in [4.78, 5) is 11.6. The Hall–Kier alpha value is -1.41. The molecule has 1 atom stereocenters. The molecule has 1 aromatic rings.